The Kier molecular flexibility index (Phi) is 5.84. The van der Waals surface area contributed by atoms with E-state index < -0.39 is 0 Å². The number of carbonyl (C=O) groups excluding carboxylic acids is 2. The molecule has 0 radical (unpaired) electrons. The highest BCUT2D eigenvalue weighted by atomic mass is 16.5. The Morgan fingerprint density at radius 2 is 1.52 bits per heavy atom. The number of ether oxygens (including phenoxy) is 2. The van der Waals surface area contributed by atoms with Crippen LogP contribution in [0, 0.1) is 0 Å². The standard InChI is InChI=1S/C17H24N2O4/c1-4-16(20)18-7-9-19(10-8-18)17(21)12-13-5-6-14(22-2)15(11-13)23-3/h5-6,11H,4,7-10,12H2,1-3H3. The maximum absolute atomic E-state index is 12.4. The molecule has 1 aromatic rings. The molecule has 0 atom stereocenters. The summed E-state index contributed by atoms with van der Waals surface area (Å²) in [4.78, 5) is 27.7. The van der Waals surface area contributed by atoms with E-state index in [1.54, 1.807) is 20.3 Å². The van der Waals surface area contributed by atoms with Crippen LogP contribution in [0.2, 0.25) is 0 Å². The van der Waals surface area contributed by atoms with Gasteiger partial charge in [0.05, 0.1) is 20.6 Å². The van der Waals surface area contributed by atoms with Crippen LogP contribution in [0.25, 0.3) is 0 Å². The number of benzene rings is 1. The van der Waals surface area contributed by atoms with E-state index in [4.69, 9.17) is 9.47 Å². The van der Waals surface area contributed by atoms with Gasteiger partial charge in [-0.15, -0.1) is 0 Å². The molecule has 0 unspecified atom stereocenters. The second-order valence-corrected chi connectivity index (χ2v) is 5.48. The van der Waals surface area contributed by atoms with Gasteiger partial charge in [-0.1, -0.05) is 13.0 Å². The molecule has 0 saturated carbocycles. The van der Waals surface area contributed by atoms with Gasteiger partial charge in [0.25, 0.3) is 0 Å². The van der Waals surface area contributed by atoms with Crippen molar-refractivity contribution in [2.75, 3.05) is 40.4 Å². The lowest BCUT2D eigenvalue weighted by molar-refractivity contribution is -0.139. The summed E-state index contributed by atoms with van der Waals surface area (Å²) in [6.07, 6.45) is 0.835. The fraction of sp³-hybridized carbons (Fsp3) is 0.529. The number of hydrogen-bond acceptors (Lipinski definition) is 4. The quantitative estimate of drug-likeness (QED) is 0.821. The topological polar surface area (TPSA) is 59.1 Å². The summed E-state index contributed by atoms with van der Waals surface area (Å²) in [5.74, 6) is 1.49. The molecular formula is C17H24N2O4. The number of carbonyl (C=O) groups is 2. The van der Waals surface area contributed by atoms with Gasteiger partial charge < -0.3 is 19.3 Å². The molecule has 126 valence electrons. The highest BCUT2D eigenvalue weighted by molar-refractivity contribution is 5.80. The first-order valence-electron chi connectivity index (χ1n) is 7.85. The van der Waals surface area contributed by atoms with Gasteiger partial charge in [0, 0.05) is 32.6 Å². The summed E-state index contributed by atoms with van der Waals surface area (Å²) < 4.78 is 10.5. The molecule has 1 saturated heterocycles. The molecule has 1 heterocycles. The van der Waals surface area contributed by atoms with E-state index in [0.29, 0.717) is 50.5 Å². The van der Waals surface area contributed by atoms with Gasteiger partial charge in [-0.2, -0.15) is 0 Å². The summed E-state index contributed by atoms with van der Waals surface area (Å²) in [7, 11) is 3.16. The van der Waals surface area contributed by atoms with Crippen LogP contribution in [0.15, 0.2) is 18.2 Å². The minimum Gasteiger partial charge on any atom is -0.493 e. The molecular weight excluding hydrogens is 296 g/mol. The summed E-state index contributed by atoms with van der Waals surface area (Å²) >= 11 is 0. The maximum Gasteiger partial charge on any atom is 0.227 e. The highest BCUT2D eigenvalue weighted by Gasteiger charge is 2.23. The van der Waals surface area contributed by atoms with E-state index in [9.17, 15) is 9.59 Å². The Hall–Kier alpha value is -2.24. The van der Waals surface area contributed by atoms with Gasteiger partial charge in [-0.25, -0.2) is 0 Å². The molecule has 6 nitrogen and oxygen atoms in total. The molecule has 1 aliphatic heterocycles. The second kappa shape index (κ2) is 7.85. The zero-order valence-corrected chi connectivity index (χ0v) is 14.0. The van der Waals surface area contributed by atoms with Crippen molar-refractivity contribution in [2.45, 2.75) is 19.8 Å². The predicted molar refractivity (Wildman–Crippen MR) is 86.7 cm³/mol. The van der Waals surface area contributed by atoms with Crippen molar-refractivity contribution in [1.29, 1.82) is 0 Å². The average Bonchev–Trinajstić information content (AvgIpc) is 2.60. The Balaban J connectivity index is 1.94. The molecule has 0 bridgehead atoms. The average molecular weight is 320 g/mol. The number of rotatable bonds is 5. The molecule has 0 N–H and O–H groups in total. The zero-order valence-electron chi connectivity index (χ0n) is 14.0. The van der Waals surface area contributed by atoms with E-state index in [1.165, 1.54) is 0 Å². The third-order valence-electron chi connectivity index (χ3n) is 4.09. The lowest BCUT2D eigenvalue weighted by Gasteiger charge is -2.34. The van der Waals surface area contributed by atoms with E-state index in [1.807, 2.05) is 28.9 Å². The van der Waals surface area contributed by atoms with Gasteiger partial charge in [-0.3, -0.25) is 9.59 Å². The van der Waals surface area contributed by atoms with Crippen molar-refractivity contribution in [3.05, 3.63) is 23.8 Å². The molecule has 0 spiro atoms. The van der Waals surface area contributed by atoms with Gasteiger partial charge in [0.2, 0.25) is 11.8 Å². The lowest BCUT2D eigenvalue weighted by Crippen LogP contribution is -2.50. The van der Waals surface area contributed by atoms with Crippen LogP contribution in [0.3, 0.4) is 0 Å². The summed E-state index contributed by atoms with van der Waals surface area (Å²) in [5, 5.41) is 0. The van der Waals surface area contributed by atoms with Gasteiger partial charge in [0.15, 0.2) is 11.5 Å². The first kappa shape index (κ1) is 17.1. The van der Waals surface area contributed by atoms with E-state index in [0.717, 1.165) is 5.56 Å². The summed E-state index contributed by atoms with van der Waals surface area (Å²) in [6.45, 7) is 4.28. The normalized spacial score (nSPS) is 14.6. The summed E-state index contributed by atoms with van der Waals surface area (Å²) in [5.41, 5.74) is 0.889. The number of nitrogens with zero attached hydrogens (tertiary/aromatic N) is 2. The molecule has 2 amide bonds. The minimum atomic E-state index is 0.0702. The highest BCUT2D eigenvalue weighted by Crippen LogP contribution is 2.27. The number of piperazine rings is 1. The lowest BCUT2D eigenvalue weighted by atomic mass is 10.1. The predicted octanol–water partition coefficient (Wildman–Crippen LogP) is 1.33. The fourth-order valence-corrected chi connectivity index (χ4v) is 2.71. The Labute approximate surface area is 137 Å². The Morgan fingerprint density at radius 1 is 0.957 bits per heavy atom. The molecule has 0 aromatic heterocycles. The van der Waals surface area contributed by atoms with Crippen LogP contribution in [-0.2, 0) is 16.0 Å². The minimum absolute atomic E-state index is 0.0702. The van der Waals surface area contributed by atoms with Crippen molar-refractivity contribution in [2.24, 2.45) is 0 Å². The van der Waals surface area contributed by atoms with Crippen molar-refractivity contribution < 1.29 is 19.1 Å². The van der Waals surface area contributed by atoms with Crippen LogP contribution in [0.4, 0.5) is 0 Å². The molecule has 2 rings (SSSR count). The van der Waals surface area contributed by atoms with E-state index in [-0.39, 0.29) is 11.8 Å². The zero-order chi connectivity index (χ0) is 16.8. The van der Waals surface area contributed by atoms with Gasteiger partial charge >= 0.3 is 0 Å². The van der Waals surface area contributed by atoms with E-state index in [2.05, 4.69) is 0 Å². The molecule has 1 fully saturated rings. The molecule has 0 aliphatic carbocycles. The van der Waals surface area contributed by atoms with Gasteiger partial charge in [-0.05, 0) is 17.7 Å². The number of methoxy groups -OCH3 is 2. The van der Waals surface area contributed by atoms with Crippen LogP contribution in [0.5, 0.6) is 11.5 Å². The van der Waals surface area contributed by atoms with Crippen molar-refractivity contribution >= 4 is 11.8 Å². The number of amides is 2. The second-order valence-electron chi connectivity index (χ2n) is 5.48. The monoisotopic (exact) mass is 320 g/mol. The van der Waals surface area contributed by atoms with Crippen molar-refractivity contribution in [1.82, 2.24) is 9.80 Å². The SMILES string of the molecule is CCC(=O)N1CCN(C(=O)Cc2ccc(OC)c(OC)c2)CC1. The van der Waals surface area contributed by atoms with Crippen LogP contribution in [-0.4, -0.2) is 62.0 Å². The van der Waals surface area contributed by atoms with Gasteiger partial charge in [0.1, 0.15) is 0 Å². The first-order valence-corrected chi connectivity index (χ1v) is 7.85. The van der Waals surface area contributed by atoms with Crippen LogP contribution < -0.4 is 9.47 Å². The van der Waals surface area contributed by atoms with Crippen LogP contribution >= 0.6 is 0 Å². The molecule has 1 aliphatic rings. The first-order chi connectivity index (χ1) is 11.1. The largest absolute Gasteiger partial charge is 0.493 e. The molecule has 6 heteroatoms. The Bertz CT molecular complexity index is 566. The number of hydrogen-bond donors (Lipinski definition) is 0. The van der Waals surface area contributed by atoms with Crippen LogP contribution in [0.1, 0.15) is 18.9 Å². The van der Waals surface area contributed by atoms with E-state index >= 15 is 0 Å². The molecule has 23 heavy (non-hydrogen) atoms. The fourth-order valence-electron chi connectivity index (χ4n) is 2.71. The third-order valence-corrected chi connectivity index (χ3v) is 4.09. The maximum atomic E-state index is 12.4. The van der Waals surface area contributed by atoms with Crippen molar-refractivity contribution in [3.63, 3.8) is 0 Å². The van der Waals surface area contributed by atoms with Crippen molar-refractivity contribution in [3.8, 4) is 11.5 Å². The Morgan fingerprint density at radius 3 is 2.04 bits per heavy atom. The molecule has 1 aromatic carbocycles. The summed E-state index contributed by atoms with van der Waals surface area (Å²) in [6, 6.07) is 5.50. The smallest absolute Gasteiger partial charge is 0.227 e. The third kappa shape index (κ3) is 4.15.